The van der Waals surface area contributed by atoms with Crippen LogP contribution >= 0.6 is 0 Å². The van der Waals surface area contributed by atoms with Crippen LogP contribution in [0, 0.1) is 0 Å². The summed E-state index contributed by atoms with van der Waals surface area (Å²) in [5.41, 5.74) is 0. The average molecular weight is 224 g/mol. The Morgan fingerprint density at radius 1 is 1.12 bits per heavy atom. The molecule has 0 bridgehead atoms. The van der Waals surface area contributed by atoms with E-state index in [0.717, 1.165) is 36.5 Å². The van der Waals surface area contributed by atoms with Crippen molar-refractivity contribution >= 4 is 0 Å². The molecular weight excluding hydrogens is 208 g/mol. The summed E-state index contributed by atoms with van der Waals surface area (Å²) in [6, 6.07) is 5.57. The predicted molar refractivity (Wildman–Crippen MR) is 59.0 cm³/mol. The maximum Gasteiger partial charge on any atom is 0.231 e. The van der Waals surface area contributed by atoms with Crippen molar-refractivity contribution in [2.75, 3.05) is 20.0 Å². The number of rotatable bonds is 6. The van der Waals surface area contributed by atoms with Gasteiger partial charge in [0.05, 0.1) is 6.61 Å². The average Bonchev–Trinajstić information content (AvgIpc) is 2.76. The molecule has 0 saturated carbocycles. The van der Waals surface area contributed by atoms with E-state index in [1.54, 1.807) is 0 Å². The first-order valence-corrected chi connectivity index (χ1v) is 5.53. The van der Waals surface area contributed by atoms with Crippen LogP contribution in [0.25, 0.3) is 0 Å². The summed E-state index contributed by atoms with van der Waals surface area (Å²) >= 11 is 0. The molecule has 16 heavy (non-hydrogen) atoms. The SMILES string of the molecule is OCCCCCOc1ccc2c(c1)OCO2. The van der Waals surface area contributed by atoms with Crippen molar-refractivity contribution in [1.29, 1.82) is 0 Å². The van der Waals surface area contributed by atoms with Crippen molar-refractivity contribution in [3.63, 3.8) is 0 Å². The van der Waals surface area contributed by atoms with Gasteiger partial charge in [-0.05, 0) is 31.4 Å². The smallest absolute Gasteiger partial charge is 0.231 e. The lowest BCUT2D eigenvalue weighted by Crippen LogP contribution is -1.97. The van der Waals surface area contributed by atoms with Gasteiger partial charge < -0.3 is 19.3 Å². The first-order valence-electron chi connectivity index (χ1n) is 5.53. The molecule has 0 unspecified atom stereocenters. The lowest BCUT2D eigenvalue weighted by molar-refractivity contribution is 0.173. The molecule has 1 aliphatic rings. The van der Waals surface area contributed by atoms with Crippen LogP contribution in [-0.2, 0) is 0 Å². The van der Waals surface area contributed by atoms with E-state index < -0.39 is 0 Å². The number of fused-ring (bicyclic) bond motifs is 1. The summed E-state index contributed by atoms with van der Waals surface area (Å²) < 4.78 is 16.0. The summed E-state index contributed by atoms with van der Waals surface area (Å²) in [4.78, 5) is 0. The van der Waals surface area contributed by atoms with Crippen LogP contribution in [0.5, 0.6) is 17.2 Å². The quantitative estimate of drug-likeness (QED) is 0.750. The number of aliphatic hydroxyl groups is 1. The molecule has 4 nitrogen and oxygen atoms in total. The van der Waals surface area contributed by atoms with E-state index >= 15 is 0 Å². The number of hydrogen-bond donors (Lipinski definition) is 1. The largest absolute Gasteiger partial charge is 0.493 e. The molecule has 4 heteroatoms. The Morgan fingerprint density at radius 2 is 2.00 bits per heavy atom. The fraction of sp³-hybridized carbons (Fsp3) is 0.500. The van der Waals surface area contributed by atoms with Crippen molar-refractivity contribution in [1.82, 2.24) is 0 Å². The molecule has 0 spiro atoms. The van der Waals surface area contributed by atoms with E-state index in [9.17, 15) is 0 Å². The van der Waals surface area contributed by atoms with Gasteiger partial charge in [0, 0.05) is 12.7 Å². The molecule has 0 saturated heterocycles. The zero-order chi connectivity index (χ0) is 11.2. The highest BCUT2D eigenvalue weighted by Gasteiger charge is 2.13. The van der Waals surface area contributed by atoms with Gasteiger partial charge in [0.15, 0.2) is 11.5 Å². The Kier molecular flexibility index (Phi) is 3.88. The maximum absolute atomic E-state index is 8.62. The zero-order valence-corrected chi connectivity index (χ0v) is 9.15. The summed E-state index contributed by atoms with van der Waals surface area (Å²) in [7, 11) is 0. The number of aliphatic hydroxyl groups excluding tert-OH is 1. The molecule has 1 aromatic rings. The lowest BCUT2D eigenvalue weighted by atomic mass is 10.2. The van der Waals surface area contributed by atoms with Crippen LogP contribution in [0.15, 0.2) is 18.2 Å². The molecule has 0 aromatic heterocycles. The van der Waals surface area contributed by atoms with E-state index in [1.807, 2.05) is 18.2 Å². The molecule has 0 fully saturated rings. The van der Waals surface area contributed by atoms with Crippen LogP contribution in [0.3, 0.4) is 0 Å². The summed E-state index contributed by atoms with van der Waals surface area (Å²) in [5, 5.41) is 8.62. The standard InChI is InChI=1S/C12H16O4/c13-6-2-1-3-7-14-10-4-5-11-12(8-10)16-9-15-11/h4-5,8,13H,1-3,6-7,9H2. The van der Waals surface area contributed by atoms with E-state index in [4.69, 9.17) is 19.3 Å². The van der Waals surface area contributed by atoms with E-state index in [0.29, 0.717) is 6.61 Å². The second-order valence-electron chi connectivity index (χ2n) is 3.65. The normalized spacial score (nSPS) is 12.8. The summed E-state index contributed by atoms with van der Waals surface area (Å²) in [5.74, 6) is 2.31. The van der Waals surface area contributed by atoms with Crippen LogP contribution in [0.2, 0.25) is 0 Å². The second-order valence-corrected chi connectivity index (χ2v) is 3.65. The van der Waals surface area contributed by atoms with Crippen LogP contribution in [0.1, 0.15) is 19.3 Å². The second kappa shape index (κ2) is 5.61. The van der Waals surface area contributed by atoms with Gasteiger partial charge in [-0.3, -0.25) is 0 Å². The number of benzene rings is 1. The molecule has 1 aromatic carbocycles. The highest BCUT2D eigenvalue weighted by Crippen LogP contribution is 2.35. The fourth-order valence-corrected chi connectivity index (χ4v) is 1.55. The Bertz CT molecular complexity index is 338. The monoisotopic (exact) mass is 224 g/mol. The summed E-state index contributed by atoms with van der Waals surface area (Å²) in [6.07, 6.45) is 2.78. The maximum atomic E-state index is 8.62. The van der Waals surface area contributed by atoms with E-state index in [1.165, 1.54) is 0 Å². The third-order valence-corrected chi connectivity index (χ3v) is 2.42. The van der Waals surface area contributed by atoms with Gasteiger partial charge in [-0.2, -0.15) is 0 Å². The Labute approximate surface area is 94.8 Å². The number of unbranched alkanes of at least 4 members (excludes halogenated alkanes) is 2. The van der Waals surface area contributed by atoms with Gasteiger partial charge >= 0.3 is 0 Å². The fourth-order valence-electron chi connectivity index (χ4n) is 1.55. The molecule has 1 heterocycles. The summed E-state index contributed by atoms with van der Waals surface area (Å²) in [6.45, 7) is 1.21. The van der Waals surface area contributed by atoms with Gasteiger partial charge in [-0.15, -0.1) is 0 Å². The lowest BCUT2D eigenvalue weighted by Gasteiger charge is -2.06. The van der Waals surface area contributed by atoms with E-state index in [2.05, 4.69) is 0 Å². The molecule has 2 rings (SSSR count). The van der Waals surface area contributed by atoms with Crippen molar-refractivity contribution in [2.45, 2.75) is 19.3 Å². The molecule has 0 radical (unpaired) electrons. The third-order valence-electron chi connectivity index (χ3n) is 2.42. The van der Waals surface area contributed by atoms with Crippen LogP contribution < -0.4 is 14.2 Å². The van der Waals surface area contributed by atoms with Crippen molar-refractivity contribution in [3.05, 3.63) is 18.2 Å². The highest BCUT2D eigenvalue weighted by molar-refractivity contribution is 5.46. The molecule has 0 atom stereocenters. The molecule has 0 amide bonds. The Hall–Kier alpha value is -1.42. The highest BCUT2D eigenvalue weighted by atomic mass is 16.7. The molecular formula is C12H16O4. The third kappa shape index (κ3) is 2.79. The Balaban J connectivity index is 1.77. The van der Waals surface area contributed by atoms with Crippen molar-refractivity contribution < 1.29 is 19.3 Å². The van der Waals surface area contributed by atoms with Crippen molar-refractivity contribution in [3.8, 4) is 17.2 Å². The first kappa shape index (κ1) is 11.1. The number of hydrogen-bond acceptors (Lipinski definition) is 4. The van der Waals surface area contributed by atoms with Gasteiger partial charge in [-0.25, -0.2) is 0 Å². The zero-order valence-electron chi connectivity index (χ0n) is 9.15. The topological polar surface area (TPSA) is 47.9 Å². The molecule has 1 N–H and O–H groups in total. The minimum Gasteiger partial charge on any atom is -0.493 e. The Morgan fingerprint density at radius 3 is 2.88 bits per heavy atom. The van der Waals surface area contributed by atoms with E-state index in [-0.39, 0.29) is 13.4 Å². The van der Waals surface area contributed by atoms with Crippen LogP contribution in [0.4, 0.5) is 0 Å². The minimum atomic E-state index is 0.254. The number of ether oxygens (including phenoxy) is 3. The van der Waals surface area contributed by atoms with Crippen molar-refractivity contribution in [2.24, 2.45) is 0 Å². The molecule has 88 valence electrons. The van der Waals surface area contributed by atoms with Crippen LogP contribution in [-0.4, -0.2) is 25.1 Å². The predicted octanol–water partition coefficient (Wildman–Crippen LogP) is 1.96. The molecule has 0 aliphatic carbocycles. The van der Waals surface area contributed by atoms with Gasteiger partial charge in [0.2, 0.25) is 6.79 Å². The molecule has 1 aliphatic heterocycles. The van der Waals surface area contributed by atoms with Gasteiger partial charge in [0.1, 0.15) is 5.75 Å². The minimum absolute atomic E-state index is 0.254. The van der Waals surface area contributed by atoms with Gasteiger partial charge in [0.25, 0.3) is 0 Å². The van der Waals surface area contributed by atoms with Gasteiger partial charge in [-0.1, -0.05) is 0 Å². The first-order chi connectivity index (χ1) is 7.90.